The molecule has 3 atom stereocenters. The summed E-state index contributed by atoms with van der Waals surface area (Å²) in [7, 11) is 0. The Kier molecular flexibility index (Phi) is 3.98. The van der Waals surface area contributed by atoms with Crippen LogP contribution in [0.3, 0.4) is 0 Å². The highest BCUT2D eigenvalue weighted by Gasteiger charge is 2.59. The second-order valence-electron chi connectivity index (χ2n) is 6.47. The third-order valence-electron chi connectivity index (χ3n) is 4.67. The number of aliphatic hydroxyl groups is 1. The van der Waals surface area contributed by atoms with Crippen molar-refractivity contribution in [3.8, 4) is 0 Å². The fourth-order valence-corrected chi connectivity index (χ4v) is 3.37. The second kappa shape index (κ2) is 6.08. The van der Waals surface area contributed by atoms with Crippen molar-refractivity contribution in [3.05, 3.63) is 52.3 Å². The Bertz CT molecular complexity index is 865. The van der Waals surface area contributed by atoms with Gasteiger partial charge >= 0.3 is 11.6 Å². The molecule has 2 aliphatic heterocycles. The van der Waals surface area contributed by atoms with Gasteiger partial charge in [-0.05, 0) is 17.7 Å². The van der Waals surface area contributed by atoms with Crippen LogP contribution in [0.25, 0.3) is 0 Å². The molecule has 0 radical (unpaired) electrons. The summed E-state index contributed by atoms with van der Waals surface area (Å²) in [6.45, 7) is 1.11. The first-order valence-corrected chi connectivity index (χ1v) is 8.07. The van der Waals surface area contributed by atoms with Crippen molar-refractivity contribution in [2.75, 3.05) is 12.3 Å². The minimum Gasteiger partial charge on any atom is -0.384 e. The van der Waals surface area contributed by atoms with E-state index in [1.165, 1.54) is 6.07 Å². The number of aliphatic hydroxyl groups excluding tert-OH is 1. The normalized spacial score (nSPS) is 27.6. The number of nitrogens with two attached hydrogens (primary N) is 1. The third kappa shape index (κ3) is 2.75. The molecule has 10 heteroatoms. The van der Waals surface area contributed by atoms with Crippen LogP contribution in [0, 0.1) is 0 Å². The van der Waals surface area contributed by atoms with Gasteiger partial charge in [-0.15, -0.1) is 0 Å². The van der Waals surface area contributed by atoms with Crippen LogP contribution < -0.4 is 11.4 Å². The number of ether oxygens (including phenoxy) is 1. The SMILES string of the molecule is Nc1ccn([C@@H]2O[C@H](CN3Cc4cccnc4C3)[C@@H](O)C2(F)F)c(=O)n1. The van der Waals surface area contributed by atoms with Crippen molar-refractivity contribution in [3.63, 3.8) is 0 Å². The van der Waals surface area contributed by atoms with Crippen LogP contribution >= 0.6 is 0 Å². The molecule has 1 fully saturated rings. The molecule has 2 aromatic rings. The number of fused-ring (bicyclic) bond motifs is 1. The van der Waals surface area contributed by atoms with Crippen molar-refractivity contribution in [2.45, 2.75) is 37.4 Å². The number of aromatic nitrogens is 3. The van der Waals surface area contributed by atoms with E-state index in [0.717, 1.165) is 17.5 Å². The summed E-state index contributed by atoms with van der Waals surface area (Å²) in [4.78, 5) is 21.4. The number of nitrogen functional groups attached to an aromatic ring is 1. The van der Waals surface area contributed by atoms with E-state index >= 15 is 0 Å². The molecule has 26 heavy (non-hydrogen) atoms. The summed E-state index contributed by atoms with van der Waals surface area (Å²) in [5.74, 6) is -3.72. The fourth-order valence-electron chi connectivity index (χ4n) is 3.37. The van der Waals surface area contributed by atoms with E-state index in [2.05, 4.69) is 9.97 Å². The molecule has 0 amide bonds. The first-order valence-electron chi connectivity index (χ1n) is 8.07. The van der Waals surface area contributed by atoms with Gasteiger partial charge in [0.25, 0.3) is 0 Å². The number of anilines is 1. The zero-order valence-electron chi connectivity index (χ0n) is 13.6. The molecule has 1 saturated heterocycles. The average Bonchev–Trinajstić information content (AvgIpc) is 3.09. The van der Waals surface area contributed by atoms with Gasteiger partial charge in [-0.1, -0.05) is 6.07 Å². The highest BCUT2D eigenvalue weighted by Crippen LogP contribution is 2.42. The van der Waals surface area contributed by atoms with Gasteiger partial charge in [-0.25, -0.2) is 4.79 Å². The molecular formula is C16H17F2N5O3. The molecule has 4 heterocycles. The van der Waals surface area contributed by atoms with E-state index in [1.54, 1.807) is 6.20 Å². The lowest BCUT2D eigenvalue weighted by Crippen LogP contribution is -2.43. The number of alkyl halides is 2. The maximum atomic E-state index is 14.5. The molecule has 0 unspecified atom stereocenters. The Morgan fingerprint density at radius 1 is 1.38 bits per heavy atom. The first-order chi connectivity index (χ1) is 12.4. The van der Waals surface area contributed by atoms with Gasteiger partial charge in [0.05, 0.1) is 5.69 Å². The molecule has 2 aliphatic rings. The predicted molar refractivity (Wildman–Crippen MR) is 86.1 cm³/mol. The van der Waals surface area contributed by atoms with Crippen molar-refractivity contribution in [2.24, 2.45) is 0 Å². The summed E-state index contributed by atoms with van der Waals surface area (Å²) in [6.07, 6.45) is -2.38. The molecule has 0 spiro atoms. The number of pyridine rings is 1. The maximum Gasteiger partial charge on any atom is 0.351 e. The molecule has 2 aromatic heterocycles. The van der Waals surface area contributed by atoms with Crippen molar-refractivity contribution < 1.29 is 18.6 Å². The number of nitrogens with zero attached hydrogens (tertiary/aromatic N) is 4. The van der Waals surface area contributed by atoms with E-state index < -0.39 is 30.0 Å². The van der Waals surface area contributed by atoms with Crippen molar-refractivity contribution in [1.29, 1.82) is 0 Å². The second-order valence-corrected chi connectivity index (χ2v) is 6.47. The predicted octanol–water partition coefficient (Wildman–Crippen LogP) is 0.130. The molecule has 4 rings (SSSR count). The maximum absolute atomic E-state index is 14.5. The van der Waals surface area contributed by atoms with Gasteiger partial charge in [0.15, 0.2) is 0 Å². The molecule has 8 nitrogen and oxygen atoms in total. The van der Waals surface area contributed by atoms with Crippen molar-refractivity contribution >= 4 is 5.82 Å². The van der Waals surface area contributed by atoms with E-state index in [1.807, 2.05) is 17.0 Å². The van der Waals surface area contributed by atoms with Gasteiger partial charge in [0.1, 0.15) is 18.0 Å². The van der Waals surface area contributed by atoms with Gasteiger partial charge in [0.2, 0.25) is 6.23 Å². The topological polar surface area (TPSA) is 107 Å². The van der Waals surface area contributed by atoms with Gasteiger partial charge in [-0.3, -0.25) is 14.5 Å². The van der Waals surface area contributed by atoms with E-state index in [4.69, 9.17) is 10.5 Å². The van der Waals surface area contributed by atoms with Gasteiger partial charge in [-0.2, -0.15) is 13.8 Å². The number of rotatable bonds is 3. The van der Waals surface area contributed by atoms with Crippen LogP contribution in [0.15, 0.2) is 35.4 Å². The Balaban J connectivity index is 1.53. The summed E-state index contributed by atoms with van der Waals surface area (Å²) in [5, 5.41) is 10.1. The quantitative estimate of drug-likeness (QED) is 0.796. The van der Waals surface area contributed by atoms with E-state index in [9.17, 15) is 18.7 Å². The Morgan fingerprint density at radius 2 is 2.19 bits per heavy atom. The molecule has 0 bridgehead atoms. The van der Waals surface area contributed by atoms with Crippen LogP contribution in [0.2, 0.25) is 0 Å². The van der Waals surface area contributed by atoms with Crippen molar-refractivity contribution in [1.82, 2.24) is 19.4 Å². The van der Waals surface area contributed by atoms with Crippen LogP contribution in [-0.2, 0) is 17.8 Å². The minimum absolute atomic E-state index is 0.0769. The molecule has 0 aromatic carbocycles. The molecular weight excluding hydrogens is 348 g/mol. The van der Waals surface area contributed by atoms with E-state index in [0.29, 0.717) is 17.7 Å². The smallest absolute Gasteiger partial charge is 0.351 e. The largest absolute Gasteiger partial charge is 0.384 e. The highest BCUT2D eigenvalue weighted by atomic mass is 19.3. The van der Waals surface area contributed by atoms with Crippen LogP contribution in [-0.4, -0.2) is 49.2 Å². The standard InChI is InChI=1S/C16H17F2N5O3/c17-16(18)13(24)11(8-22-6-9-2-1-4-20-10(9)7-22)26-14(16)23-5-3-12(19)21-15(23)25/h1-5,11,13-14,24H,6-8H2,(H2,19,21,25)/t11-,13-,14-/m1/s1. The summed E-state index contributed by atoms with van der Waals surface area (Å²) in [6, 6.07) is 4.96. The number of hydrogen-bond acceptors (Lipinski definition) is 7. The summed E-state index contributed by atoms with van der Waals surface area (Å²) in [5.41, 5.74) is 6.32. The van der Waals surface area contributed by atoms with Crippen LogP contribution in [0.5, 0.6) is 0 Å². The summed E-state index contributed by atoms with van der Waals surface area (Å²) < 4.78 is 35.1. The average molecular weight is 365 g/mol. The molecule has 3 N–H and O–H groups in total. The lowest BCUT2D eigenvalue weighted by Gasteiger charge is -2.21. The number of halogens is 2. The van der Waals surface area contributed by atoms with E-state index in [-0.39, 0.29) is 12.4 Å². The van der Waals surface area contributed by atoms with Gasteiger partial charge in [0, 0.05) is 32.0 Å². The molecule has 0 saturated carbocycles. The monoisotopic (exact) mass is 365 g/mol. The Hall–Kier alpha value is -2.43. The first kappa shape index (κ1) is 17.0. The summed E-state index contributed by atoms with van der Waals surface area (Å²) >= 11 is 0. The van der Waals surface area contributed by atoms with Crippen LogP contribution in [0.1, 0.15) is 17.5 Å². The Morgan fingerprint density at radius 3 is 2.92 bits per heavy atom. The van der Waals surface area contributed by atoms with Gasteiger partial charge < -0.3 is 15.6 Å². The highest BCUT2D eigenvalue weighted by molar-refractivity contribution is 5.24. The lowest BCUT2D eigenvalue weighted by molar-refractivity contribution is -0.140. The fraction of sp³-hybridized carbons (Fsp3) is 0.438. The third-order valence-corrected chi connectivity index (χ3v) is 4.67. The molecule has 0 aliphatic carbocycles. The zero-order chi connectivity index (χ0) is 18.5. The lowest BCUT2D eigenvalue weighted by atomic mass is 10.1. The van der Waals surface area contributed by atoms with Crippen LogP contribution in [0.4, 0.5) is 14.6 Å². The minimum atomic E-state index is -3.64. The Labute approximate surface area is 146 Å². The number of hydrogen-bond donors (Lipinski definition) is 2. The zero-order valence-corrected chi connectivity index (χ0v) is 13.6. The molecule has 138 valence electrons.